The first-order valence-corrected chi connectivity index (χ1v) is 4.19. The Hall–Kier alpha value is -0.920. The molecule has 2 nitrogen and oxygen atoms in total. The van der Waals surface area contributed by atoms with Gasteiger partial charge in [0.25, 0.3) is 0 Å². The smallest absolute Gasteiger partial charge is 0.382 e. The second-order valence-electron chi connectivity index (χ2n) is 3.18. The van der Waals surface area contributed by atoms with Crippen LogP contribution in [0.25, 0.3) is 0 Å². The van der Waals surface area contributed by atoms with Gasteiger partial charge in [-0.05, 0) is 18.2 Å². The normalized spacial score (nSPS) is 15.0. The summed E-state index contributed by atoms with van der Waals surface area (Å²) in [7, 11) is 0. The number of halogens is 6. The molecule has 1 aromatic carbocycles. The summed E-state index contributed by atoms with van der Waals surface area (Å²) in [5.41, 5.74) is 4.30. The molecule has 0 spiro atoms. The molecule has 0 aliphatic rings. The minimum Gasteiger partial charge on any atom is -0.382 e. The minimum absolute atomic E-state index is 0. The molecular formula is C9H9ClF5NO. The monoisotopic (exact) mass is 277 g/mol. The van der Waals surface area contributed by atoms with Crippen LogP contribution < -0.4 is 5.73 Å². The summed E-state index contributed by atoms with van der Waals surface area (Å²) in [5, 5.41) is 8.78. The van der Waals surface area contributed by atoms with Crippen molar-refractivity contribution in [3.8, 4) is 0 Å². The van der Waals surface area contributed by atoms with E-state index in [1.165, 1.54) is 0 Å². The van der Waals surface area contributed by atoms with E-state index in [4.69, 9.17) is 10.8 Å². The summed E-state index contributed by atoms with van der Waals surface area (Å²) in [4.78, 5) is 0. The zero-order valence-electron chi connectivity index (χ0n) is 8.21. The van der Waals surface area contributed by atoms with E-state index in [0.29, 0.717) is 12.1 Å². The Balaban J connectivity index is 0.00000256. The molecule has 0 aromatic heterocycles. The molecule has 0 unspecified atom stereocenters. The fourth-order valence-corrected chi connectivity index (χ4v) is 1.14. The summed E-state index contributed by atoms with van der Waals surface area (Å²) in [6, 6.07) is -0.149. The molecule has 17 heavy (non-hydrogen) atoms. The zero-order valence-corrected chi connectivity index (χ0v) is 9.03. The predicted molar refractivity (Wildman–Crippen MR) is 52.6 cm³/mol. The molecule has 0 aliphatic heterocycles. The van der Waals surface area contributed by atoms with Crippen LogP contribution in [0.3, 0.4) is 0 Å². The van der Waals surface area contributed by atoms with Crippen molar-refractivity contribution in [2.75, 3.05) is 0 Å². The average Bonchev–Trinajstić information content (AvgIpc) is 2.18. The molecule has 0 saturated heterocycles. The van der Waals surface area contributed by atoms with Crippen molar-refractivity contribution in [1.29, 1.82) is 0 Å². The van der Waals surface area contributed by atoms with Crippen molar-refractivity contribution in [3.05, 3.63) is 35.4 Å². The van der Waals surface area contributed by atoms with Crippen molar-refractivity contribution in [2.45, 2.75) is 18.3 Å². The van der Waals surface area contributed by atoms with E-state index < -0.39 is 35.5 Å². The van der Waals surface area contributed by atoms with Gasteiger partial charge >= 0.3 is 6.18 Å². The highest BCUT2D eigenvalue weighted by atomic mass is 35.5. The third-order valence-electron chi connectivity index (χ3n) is 1.99. The van der Waals surface area contributed by atoms with Crippen LogP contribution in [-0.4, -0.2) is 17.4 Å². The highest BCUT2D eigenvalue weighted by molar-refractivity contribution is 5.85. The molecule has 0 amide bonds. The number of hydrogen-bond acceptors (Lipinski definition) is 2. The lowest BCUT2D eigenvalue weighted by molar-refractivity contribution is -0.210. The Morgan fingerprint density at radius 3 is 2.18 bits per heavy atom. The van der Waals surface area contributed by atoms with Crippen molar-refractivity contribution in [2.24, 2.45) is 5.73 Å². The lowest BCUT2D eigenvalue weighted by Gasteiger charge is -2.21. The first kappa shape index (κ1) is 16.1. The lowest BCUT2D eigenvalue weighted by Crippen LogP contribution is -2.39. The van der Waals surface area contributed by atoms with Gasteiger partial charge in [-0.25, -0.2) is 8.78 Å². The highest BCUT2D eigenvalue weighted by Crippen LogP contribution is 2.29. The van der Waals surface area contributed by atoms with Crippen molar-refractivity contribution in [1.82, 2.24) is 0 Å². The molecular weight excluding hydrogens is 269 g/mol. The first-order valence-electron chi connectivity index (χ1n) is 4.19. The van der Waals surface area contributed by atoms with Crippen LogP contribution >= 0.6 is 12.4 Å². The average molecular weight is 278 g/mol. The third kappa shape index (κ3) is 3.79. The van der Waals surface area contributed by atoms with Crippen molar-refractivity contribution >= 4 is 12.4 Å². The van der Waals surface area contributed by atoms with Gasteiger partial charge in [0.15, 0.2) is 6.10 Å². The Bertz CT molecular complexity index is 384. The first-order chi connectivity index (χ1) is 7.23. The lowest BCUT2D eigenvalue weighted by atomic mass is 10.0. The standard InChI is InChI=1S/C9H8F5NO.ClH/c10-4-1-2-6(11)5(3-4)7(15)8(16)9(12,13)14;/h1-3,7-8,16H,15H2;1H/t7-,8-;/m1./s1. The van der Waals surface area contributed by atoms with E-state index >= 15 is 0 Å². The Kier molecular flexibility index (Phi) is 5.31. The van der Waals surface area contributed by atoms with Gasteiger partial charge in [0.2, 0.25) is 0 Å². The van der Waals surface area contributed by atoms with Gasteiger partial charge in [-0.15, -0.1) is 12.4 Å². The number of nitrogens with two attached hydrogens (primary N) is 1. The van der Waals surface area contributed by atoms with Gasteiger partial charge in [0.05, 0.1) is 6.04 Å². The summed E-state index contributed by atoms with van der Waals surface area (Å²) < 4.78 is 61.9. The van der Waals surface area contributed by atoms with Crippen LogP contribution in [0.15, 0.2) is 18.2 Å². The quantitative estimate of drug-likeness (QED) is 0.815. The van der Waals surface area contributed by atoms with Gasteiger partial charge in [0, 0.05) is 5.56 Å². The molecule has 0 aliphatic carbocycles. The van der Waals surface area contributed by atoms with Gasteiger partial charge < -0.3 is 10.8 Å². The molecule has 0 bridgehead atoms. The van der Waals surface area contributed by atoms with Crippen LogP contribution in [0.4, 0.5) is 22.0 Å². The molecule has 0 fully saturated rings. The van der Waals surface area contributed by atoms with E-state index in [9.17, 15) is 22.0 Å². The second-order valence-corrected chi connectivity index (χ2v) is 3.18. The van der Waals surface area contributed by atoms with Crippen LogP contribution in [0, 0.1) is 11.6 Å². The van der Waals surface area contributed by atoms with E-state index in [-0.39, 0.29) is 12.4 Å². The number of rotatable bonds is 2. The fraction of sp³-hybridized carbons (Fsp3) is 0.333. The molecule has 8 heteroatoms. The summed E-state index contributed by atoms with van der Waals surface area (Å²) in [5.74, 6) is -2.03. The van der Waals surface area contributed by atoms with Crippen molar-refractivity contribution < 1.29 is 27.1 Å². The molecule has 3 N–H and O–H groups in total. The highest BCUT2D eigenvalue weighted by Gasteiger charge is 2.43. The van der Waals surface area contributed by atoms with Crippen LogP contribution in [0.5, 0.6) is 0 Å². The summed E-state index contributed by atoms with van der Waals surface area (Å²) >= 11 is 0. The van der Waals surface area contributed by atoms with Gasteiger partial charge in [0.1, 0.15) is 11.6 Å². The summed E-state index contributed by atoms with van der Waals surface area (Å²) in [6.45, 7) is 0. The molecule has 0 heterocycles. The molecule has 2 atom stereocenters. The van der Waals surface area contributed by atoms with Crippen LogP contribution in [-0.2, 0) is 0 Å². The van der Waals surface area contributed by atoms with E-state index in [2.05, 4.69) is 0 Å². The Morgan fingerprint density at radius 1 is 1.18 bits per heavy atom. The molecule has 0 saturated carbocycles. The summed E-state index contributed by atoms with van der Waals surface area (Å²) in [6.07, 6.45) is -7.93. The van der Waals surface area contributed by atoms with E-state index in [1.807, 2.05) is 0 Å². The molecule has 98 valence electrons. The number of alkyl halides is 3. The van der Waals surface area contributed by atoms with Crippen molar-refractivity contribution in [3.63, 3.8) is 0 Å². The maximum absolute atomic E-state index is 13.0. The maximum Gasteiger partial charge on any atom is 0.416 e. The SMILES string of the molecule is Cl.N[C@H](c1cc(F)ccc1F)[C@@H](O)C(F)(F)F. The number of hydrogen-bond donors (Lipinski definition) is 2. The molecule has 0 radical (unpaired) electrons. The fourth-order valence-electron chi connectivity index (χ4n) is 1.14. The topological polar surface area (TPSA) is 46.2 Å². The molecule has 1 rings (SSSR count). The Labute approximate surface area is 99.6 Å². The maximum atomic E-state index is 13.0. The van der Waals surface area contributed by atoms with E-state index in [0.717, 1.165) is 6.07 Å². The second kappa shape index (κ2) is 5.61. The number of aliphatic hydroxyl groups is 1. The minimum atomic E-state index is -4.99. The van der Waals surface area contributed by atoms with Gasteiger partial charge in [-0.3, -0.25) is 0 Å². The zero-order chi connectivity index (χ0) is 12.5. The van der Waals surface area contributed by atoms with E-state index in [1.54, 1.807) is 0 Å². The van der Waals surface area contributed by atoms with Crippen LogP contribution in [0.2, 0.25) is 0 Å². The number of benzene rings is 1. The van der Waals surface area contributed by atoms with Crippen LogP contribution in [0.1, 0.15) is 11.6 Å². The van der Waals surface area contributed by atoms with Gasteiger partial charge in [-0.1, -0.05) is 0 Å². The molecule has 1 aromatic rings. The number of aliphatic hydroxyl groups excluding tert-OH is 1. The largest absolute Gasteiger partial charge is 0.416 e. The predicted octanol–water partition coefficient (Wildman–Crippen LogP) is 2.31. The van der Waals surface area contributed by atoms with Gasteiger partial charge in [-0.2, -0.15) is 13.2 Å². The third-order valence-corrected chi connectivity index (χ3v) is 1.99. The Morgan fingerprint density at radius 2 is 1.71 bits per heavy atom.